The molecule has 1 aromatic rings. The Morgan fingerprint density at radius 3 is 2.71 bits per heavy atom. The number of rotatable bonds is 2. The zero-order valence-electron chi connectivity index (χ0n) is 9.79. The van der Waals surface area contributed by atoms with E-state index in [0.29, 0.717) is 12.8 Å². The highest BCUT2D eigenvalue weighted by Gasteiger charge is 2.38. The molecule has 1 aliphatic rings. The maximum Gasteiger partial charge on any atom is 0.256 e. The van der Waals surface area contributed by atoms with Crippen molar-refractivity contribution in [1.82, 2.24) is 0 Å². The maximum absolute atomic E-state index is 12.0. The predicted octanol–water partition coefficient (Wildman–Crippen LogP) is 2.84. The fourth-order valence-electron chi connectivity index (χ4n) is 2.17. The Morgan fingerprint density at radius 1 is 1.41 bits per heavy atom. The van der Waals surface area contributed by atoms with Crippen molar-refractivity contribution in [2.45, 2.75) is 38.2 Å². The Labute approximate surface area is 115 Å². The van der Waals surface area contributed by atoms with E-state index in [1.54, 1.807) is 0 Å². The van der Waals surface area contributed by atoms with Gasteiger partial charge in [-0.15, -0.1) is 0 Å². The lowest BCUT2D eigenvalue weighted by atomic mass is 10.0. The molecule has 1 amide bonds. The molecular formula is C13H16INO2. The summed E-state index contributed by atoms with van der Waals surface area (Å²) < 4.78 is 1.11. The third-order valence-corrected chi connectivity index (χ3v) is 4.54. The van der Waals surface area contributed by atoms with Crippen molar-refractivity contribution in [2.75, 3.05) is 5.32 Å². The molecule has 0 spiro atoms. The molecule has 0 aromatic heterocycles. The third-order valence-electron chi connectivity index (χ3n) is 3.37. The van der Waals surface area contributed by atoms with Crippen LogP contribution < -0.4 is 5.32 Å². The summed E-state index contributed by atoms with van der Waals surface area (Å²) in [6, 6.07) is 5.77. The first-order chi connectivity index (χ1) is 8.03. The molecule has 0 saturated heterocycles. The Bertz CT molecular complexity index is 439. The normalized spacial score (nSPS) is 18.1. The molecule has 1 aromatic carbocycles. The fourth-order valence-corrected chi connectivity index (χ4v) is 2.67. The van der Waals surface area contributed by atoms with E-state index < -0.39 is 5.60 Å². The van der Waals surface area contributed by atoms with Crippen molar-refractivity contribution in [3.8, 4) is 0 Å². The molecule has 1 aliphatic carbocycles. The second kappa shape index (κ2) is 4.94. The second-order valence-electron chi connectivity index (χ2n) is 4.61. The van der Waals surface area contributed by atoms with Gasteiger partial charge in [0.05, 0.1) is 0 Å². The number of aliphatic hydroxyl groups is 1. The van der Waals surface area contributed by atoms with Gasteiger partial charge in [-0.25, -0.2) is 0 Å². The zero-order valence-corrected chi connectivity index (χ0v) is 12.0. The largest absolute Gasteiger partial charge is 0.380 e. The van der Waals surface area contributed by atoms with Crippen molar-refractivity contribution >= 4 is 34.2 Å². The van der Waals surface area contributed by atoms with E-state index in [1.165, 1.54) is 0 Å². The Morgan fingerprint density at radius 2 is 2.06 bits per heavy atom. The second-order valence-corrected chi connectivity index (χ2v) is 5.77. The summed E-state index contributed by atoms with van der Waals surface area (Å²) >= 11 is 2.23. The van der Waals surface area contributed by atoms with Crippen LogP contribution in [0.25, 0.3) is 0 Å². The Balaban J connectivity index is 2.16. The van der Waals surface area contributed by atoms with Gasteiger partial charge in [-0.05, 0) is 72.9 Å². The third kappa shape index (κ3) is 2.63. The molecule has 0 aliphatic heterocycles. The quantitative estimate of drug-likeness (QED) is 0.810. The van der Waals surface area contributed by atoms with Crippen molar-refractivity contribution in [3.63, 3.8) is 0 Å². The van der Waals surface area contributed by atoms with Crippen molar-refractivity contribution in [3.05, 3.63) is 27.3 Å². The van der Waals surface area contributed by atoms with Gasteiger partial charge in [0, 0.05) is 9.26 Å². The highest BCUT2D eigenvalue weighted by Crippen LogP contribution is 2.31. The molecule has 0 bridgehead atoms. The van der Waals surface area contributed by atoms with Crippen LogP contribution in [0.3, 0.4) is 0 Å². The van der Waals surface area contributed by atoms with Crippen LogP contribution in [-0.4, -0.2) is 16.6 Å². The van der Waals surface area contributed by atoms with E-state index in [1.807, 2.05) is 25.1 Å². The number of nitrogens with one attached hydrogen (secondary N) is 1. The minimum absolute atomic E-state index is 0.264. The van der Waals surface area contributed by atoms with Crippen molar-refractivity contribution < 1.29 is 9.90 Å². The first-order valence-corrected chi connectivity index (χ1v) is 6.90. The summed E-state index contributed by atoms with van der Waals surface area (Å²) in [6.45, 7) is 1.97. The lowest BCUT2D eigenvalue weighted by Crippen LogP contribution is -2.40. The number of carbonyl (C=O) groups excluding carboxylic acids is 1. The molecule has 0 atom stereocenters. The van der Waals surface area contributed by atoms with E-state index in [2.05, 4.69) is 27.9 Å². The first-order valence-electron chi connectivity index (χ1n) is 5.82. The molecule has 0 heterocycles. The Hall–Kier alpha value is -0.620. The van der Waals surface area contributed by atoms with Gasteiger partial charge in [0.1, 0.15) is 5.60 Å². The molecule has 0 radical (unpaired) electrons. The predicted molar refractivity (Wildman–Crippen MR) is 75.9 cm³/mol. The summed E-state index contributed by atoms with van der Waals surface area (Å²) in [5.41, 5.74) is 0.679. The smallest absolute Gasteiger partial charge is 0.256 e. The summed E-state index contributed by atoms with van der Waals surface area (Å²) in [5, 5.41) is 13.0. The van der Waals surface area contributed by atoms with Crippen LogP contribution in [-0.2, 0) is 4.79 Å². The average molecular weight is 345 g/mol. The molecule has 92 valence electrons. The van der Waals surface area contributed by atoms with Crippen LogP contribution >= 0.6 is 22.6 Å². The number of hydrogen-bond donors (Lipinski definition) is 2. The molecular weight excluding hydrogens is 329 g/mol. The number of hydrogen-bond acceptors (Lipinski definition) is 2. The topological polar surface area (TPSA) is 49.3 Å². The van der Waals surface area contributed by atoms with E-state index >= 15 is 0 Å². The number of anilines is 1. The van der Waals surface area contributed by atoms with Gasteiger partial charge >= 0.3 is 0 Å². The first kappa shape index (κ1) is 12.8. The standard InChI is InChI=1S/C13H16INO2/c1-9-10(14)5-4-6-11(9)15-12(16)13(17)7-2-3-8-13/h4-6,17H,2-3,7-8H2,1H3,(H,15,16). The van der Waals surface area contributed by atoms with E-state index in [0.717, 1.165) is 27.7 Å². The van der Waals surface area contributed by atoms with Crippen LogP contribution in [0.2, 0.25) is 0 Å². The maximum atomic E-state index is 12.0. The highest BCUT2D eigenvalue weighted by atomic mass is 127. The van der Waals surface area contributed by atoms with Crippen LogP contribution in [0.15, 0.2) is 18.2 Å². The van der Waals surface area contributed by atoms with Crippen molar-refractivity contribution in [1.29, 1.82) is 0 Å². The zero-order chi connectivity index (χ0) is 12.5. The van der Waals surface area contributed by atoms with Gasteiger partial charge in [-0.1, -0.05) is 6.07 Å². The minimum atomic E-state index is -1.16. The monoisotopic (exact) mass is 345 g/mol. The number of carbonyl (C=O) groups is 1. The minimum Gasteiger partial charge on any atom is -0.380 e. The Kier molecular flexibility index (Phi) is 3.73. The molecule has 1 saturated carbocycles. The van der Waals surface area contributed by atoms with E-state index in [-0.39, 0.29) is 5.91 Å². The molecule has 17 heavy (non-hydrogen) atoms. The van der Waals surface area contributed by atoms with E-state index in [9.17, 15) is 9.90 Å². The van der Waals surface area contributed by atoms with Gasteiger partial charge in [-0.3, -0.25) is 4.79 Å². The summed E-state index contributed by atoms with van der Waals surface area (Å²) in [4.78, 5) is 12.0. The van der Waals surface area contributed by atoms with Crippen LogP contribution in [0, 0.1) is 10.5 Å². The lowest BCUT2D eigenvalue weighted by molar-refractivity contribution is -0.133. The summed E-state index contributed by atoms with van der Waals surface area (Å²) in [6.07, 6.45) is 2.99. The van der Waals surface area contributed by atoms with Crippen LogP contribution in [0.5, 0.6) is 0 Å². The molecule has 4 heteroatoms. The number of benzene rings is 1. The van der Waals surface area contributed by atoms with Crippen LogP contribution in [0.4, 0.5) is 5.69 Å². The van der Waals surface area contributed by atoms with Crippen LogP contribution in [0.1, 0.15) is 31.2 Å². The number of amides is 1. The van der Waals surface area contributed by atoms with Crippen molar-refractivity contribution in [2.24, 2.45) is 0 Å². The molecule has 1 fully saturated rings. The van der Waals surface area contributed by atoms with Gasteiger partial charge < -0.3 is 10.4 Å². The fraction of sp³-hybridized carbons (Fsp3) is 0.462. The van der Waals surface area contributed by atoms with Gasteiger partial charge in [0.15, 0.2) is 0 Å². The highest BCUT2D eigenvalue weighted by molar-refractivity contribution is 14.1. The molecule has 2 N–H and O–H groups in total. The van der Waals surface area contributed by atoms with Gasteiger partial charge in [0.25, 0.3) is 5.91 Å². The number of halogens is 1. The average Bonchev–Trinajstić information content (AvgIpc) is 2.73. The SMILES string of the molecule is Cc1c(I)cccc1NC(=O)C1(O)CCCC1. The lowest BCUT2D eigenvalue weighted by Gasteiger charge is -2.21. The molecule has 0 unspecified atom stereocenters. The van der Waals surface area contributed by atoms with Gasteiger partial charge in [-0.2, -0.15) is 0 Å². The molecule has 3 nitrogen and oxygen atoms in total. The molecule has 2 rings (SSSR count). The van der Waals surface area contributed by atoms with Gasteiger partial charge in [0.2, 0.25) is 0 Å². The summed E-state index contributed by atoms with van der Waals surface area (Å²) in [7, 11) is 0. The summed E-state index contributed by atoms with van der Waals surface area (Å²) in [5.74, 6) is -0.264. The van der Waals surface area contributed by atoms with E-state index in [4.69, 9.17) is 0 Å².